The van der Waals surface area contributed by atoms with Crippen molar-refractivity contribution in [2.45, 2.75) is 31.8 Å². The first-order valence-electron chi connectivity index (χ1n) is 8.95. The van der Waals surface area contributed by atoms with Crippen molar-refractivity contribution in [1.29, 1.82) is 0 Å². The lowest BCUT2D eigenvalue weighted by Crippen LogP contribution is -2.52. The molecule has 2 aliphatic rings. The van der Waals surface area contributed by atoms with Crippen LogP contribution < -0.4 is 10.1 Å². The van der Waals surface area contributed by atoms with Gasteiger partial charge in [0, 0.05) is 37.6 Å². The largest absolute Gasteiger partial charge is 0.481 e. The van der Waals surface area contributed by atoms with Crippen molar-refractivity contribution < 1.29 is 9.53 Å². The Morgan fingerprint density at radius 1 is 1.38 bits per heavy atom. The number of rotatable bonds is 5. The van der Waals surface area contributed by atoms with E-state index in [1.54, 1.807) is 19.5 Å². The van der Waals surface area contributed by atoms with Crippen molar-refractivity contribution >= 4 is 5.91 Å². The third-order valence-electron chi connectivity index (χ3n) is 5.38. The predicted octanol–water partition coefficient (Wildman–Crippen LogP) is 1.66. The van der Waals surface area contributed by atoms with Crippen LogP contribution in [0.2, 0.25) is 0 Å². The summed E-state index contributed by atoms with van der Waals surface area (Å²) < 4.78 is 5.20. The Kier molecular flexibility index (Phi) is 4.55. The van der Waals surface area contributed by atoms with Crippen molar-refractivity contribution in [3.05, 3.63) is 48.2 Å². The topological polar surface area (TPSA) is 80.2 Å². The second kappa shape index (κ2) is 6.99. The van der Waals surface area contributed by atoms with Gasteiger partial charge in [-0.15, -0.1) is 0 Å². The van der Waals surface area contributed by atoms with E-state index in [2.05, 4.69) is 25.2 Å². The lowest BCUT2D eigenvalue weighted by Gasteiger charge is -2.45. The van der Waals surface area contributed by atoms with Gasteiger partial charge in [0.1, 0.15) is 5.69 Å². The van der Waals surface area contributed by atoms with E-state index in [-0.39, 0.29) is 11.9 Å². The molecule has 2 aromatic rings. The Morgan fingerprint density at radius 3 is 3.04 bits per heavy atom. The number of hydrogen-bond donors (Lipinski definition) is 1. The van der Waals surface area contributed by atoms with Gasteiger partial charge < -0.3 is 10.1 Å². The summed E-state index contributed by atoms with van der Waals surface area (Å²) in [5.74, 6) is 0.528. The molecular formula is C19H23N5O2. The quantitative estimate of drug-likeness (QED) is 0.881. The van der Waals surface area contributed by atoms with Crippen LogP contribution in [0.25, 0.3) is 0 Å². The second-order valence-electron chi connectivity index (χ2n) is 7.30. The van der Waals surface area contributed by atoms with E-state index >= 15 is 0 Å². The molecule has 1 saturated heterocycles. The highest BCUT2D eigenvalue weighted by atomic mass is 16.5. The number of carbonyl (C=O) groups is 1. The van der Waals surface area contributed by atoms with Crippen molar-refractivity contribution in [3.63, 3.8) is 0 Å². The van der Waals surface area contributed by atoms with E-state index in [4.69, 9.17) is 4.74 Å². The minimum atomic E-state index is -0.131. The van der Waals surface area contributed by atoms with Gasteiger partial charge in [0.2, 0.25) is 5.88 Å². The zero-order valence-electron chi connectivity index (χ0n) is 14.9. The molecule has 7 heteroatoms. The summed E-state index contributed by atoms with van der Waals surface area (Å²) in [5.41, 5.74) is 1.75. The minimum absolute atomic E-state index is 0.131. The van der Waals surface area contributed by atoms with Crippen LogP contribution in [0.4, 0.5) is 0 Å². The van der Waals surface area contributed by atoms with Crippen molar-refractivity contribution in [2.24, 2.45) is 5.41 Å². The fraction of sp³-hybridized carbons (Fsp3) is 0.474. The highest BCUT2D eigenvalue weighted by Crippen LogP contribution is 2.48. The van der Waals surface area contributed by atoms with Crippen LogP contribution in [0.15, 0.2) is 36.8 Å². The highest BCUT2D eigenvalue weighted by molar-refractivity contribution is 5.92. The maximum atomic E-state index is 12.2. The number of ether oxygens (including phenoxy) is 1. The highest BCUT2D eigenvalue weighted by Gasteiger charge is 2.48. The second-order valence-corrected chi connectivity index (χ2v) is 7.30. The molecule has 1 N–H and O–H groups in total. The number of amides is 1. The van der Waals surface area contributed by atoms with Gasteiger partial charge in [-0.25, -0.2) is 9.97 Å². The van der Waals surface area contributed by atoms with Crippen LogP contribution in [0.3, 0.4) is 0 Å². The van der Waals surface area contributed by atoms with Gasteiger partial charge in [-0.1, -0.05) is 6.07 Å². The van der Waals surface area contributed by atoms with E-state index < -0.39 is 0 Å². The molecule has 0 atom stereocenters. The summed E-state index contributed by atoms with van der Waals surface area (Å²) in [6.45, 7) is 2.97. The Morgan fingerprint density at radius 2 is 2.27 bits per heavy atom. The lowest BCUT2D eigenvalue weighted by molar-refractivity contribution is 0.0689. The van der Waals surface area contributed by atoms with Gasteiger partial charge in [-0.2, -0.15) is 0 Å². The molecule has 0 unspecified atom stereocenters. The van der Waals surface area contributed by atoms with Gasteiger partial charge >= 0.3 is 0 Å². The number of likely N-dealkylation sites (tertiary alicyclic amines) is 1. The van der Waals surface area contributed by atoms with Gasteiger partial charge in [-0.05, 0) is 37.3 Å². The molecule has 1 spiro atoms. The van der Waals surface area contributed by atoms with Crippen LogP contribution in [0, 0.1) is 5.41 Å². The first-order valence-corrected chi connectivity index (χ1v) is 8.95. The van der Waals surface area contributed by atoms with Crippen molar-refractivity contribution in [2.75, 3.05) is 20.2 Å². The number of pyridine rings is 1. The zero-order valence-corrected chi connectivity index (χ0v) is 14.9. The van der Waals surface area contributed by atoms with Crippen LogP contribution in [-0.4, -0.2) is 52.0 Å². The average Bonchev–Trinajstić information content (AvgIpc) is 3.06. The molecule has 4 rings (SSSR count). The third-order valence-corrected chi connectivity index (χ3v) is 5.38. The lowest BCUT2D eigenvalue weighted by atomic mass is 9.65. The summed E-state index contributed by atoms with van der Waals surface area (Å²) >= 11 is 0. The molecule has 0 aromatic carbocycles. The van der Waals surface area contributed by atoms with Gasteiger partial charge in [0.05, 0.1) is 19.0 Å². The molecule has 1 amide bonds. The maximum Gasteiger partial charge on any atom is 0.271 e. The molecule has 2 fully saturated rings. The first kappa shape index (κ1) is 16.9. The van der Waals surface area contributed by atoms with E-state index in [0.29, 0.717) is 17.0 Å². The number of nitrogens with one attached hydrogen (secondary N) is 1. The SMILES string of the molecule is COc1cccc(CN2CCC3(CC(NC(=O)c4cnccn4)C3)C2)n1. The summed E-state index contributed by atoms with van der Waals surface area (Å²) in [7, 11) is 1.64. The van der Waals surface area contributed by atoms with Crippen molar-refractivity contribution in [3.8, 4) is 5.88 Å². The smallest absolute Gasteiger partial charge is 0.271 e. The number of hydrogen-bond acceptors (Lipinski definition) is 6. The van der Waals surface area contributed by atoms with Crippen molar-refractivity contribution in [1.82, 2.24) is 25.2 Å². The molecule has 1 aliphatic heterocycles. The standard InChI is InChI=1S/C19H23N5O2/c1-26-17-4-2-3-14(22-17)12-24-8-5-19(13-24)9-15(10-19)23-18(25)16-11-20-6-7-21-16/h2-4,6-7,11,15H,5,8-10,12-13H2,1H3,(H,23,25). The van der Waals surface area contributed by atoms with Crippen LogP contribution in [0.5, 0.6) is 5.88 Å². The third kappa shape index (κ3) is 3.53. The molecule has 26 heavy (non-hydrogen) atoms. The number of aromatic nitrogens is 3. The maximum absolute atomic E-state index is 12.2. The molecule has 136 valence electrons. The number of nitrogens with zero attached hydrogens (tertiary/aromatic N) is 4. The number of methoxy groups -OCH3 is 1. The Balaban J connectivity index is 1.28. The van der Waals surface area contributed by atoms with Crippen LogP contribution in [-0.2, 0) is 6.54 Å². The van der Waals surface area contributed by atoms with E-state index in [0.717, 1.165) is 38.2 Å². The summed E-state index contributed by atoms with van der Waals surface area (Å²) in [6.07, 6.45) is 7.84. The monoisotopic (exact) mass is 353 g/mol. The van der Waals surface area contributed by atoms with Crippen LogP contribution >= 0.6 is 0 Å². The first-order chi connectivity index (χ1) is 12.7. The van der Waals surface area contributed by atoms with Crippen LogP contribution in [0.1, 0.15) is 35.4 Å². The van der Waals surface area contributed by atoms with E-state index in [1.807, 2.05) is 18.2 Å². The van der Waals surface area contributed by atoms with Gasteiger partial charge in [0.15, 0.2) is 0 Å². The fourth-order valence-corrected chi connectivity index (χ4v) is 4.15. The minimum Gasteiger partial charge on any atom is -0.481 e. The number of carbonyl (C=O) groups excluding carboxylic acids is 1. The molecule has 7 nitrogen and oxygen atoms in total. The Hall–Kier alpha value is -2.54. The molecule has 0 bridgehead atoms. The molecule has 3 heterocycles. The molecule has 1 aliphatic carbocycles. The molecule has 0 radical (unpaired) electrons. The van der Waals surface area contributed by atoms with E-state index in [1.165, 1.54) is 12.6 Å². The molecule has 2 aromatic heterocycles. The predicted molar refractivity (Wildman–Crippen MR) is 95.6 cm³/mol. The van der Waals surface area contributed by atoms with Gasteiger partial charge in [-0.3, -0.25) is 14.7 Å². The molecular weight excluding hydrogens is 330 g/mol. The summed E-state index contributed by atoms with van der Waals surface area (Å²) in [5, 5.41) is 3.07. The molecule has 1 saturated carbocycles. The summed E-state index contributed by atoms with van der Waals surface area (Å²) in [6, 6.07) is 6.12. The van der Waals surface area contributed by atoms with E-state index in [9.17, 15) is 4.79 Å². The summed E-state index contributed by atoms with van der Waals surface area (Å²) in [4.78, 5) is 27.1. The zero-order chi connectivity index (χ0) is 18.0. The fourth-order valence-electron chi connectivity index (χ4n) is 4.15. The van der Waals surface area contributed by atoms with Gasteiger partial charge in [0.25, 0.3) is 5.91 Å². The normalized spacial score (nSPS) is 25.0. The Labute approximate surface area is 152 Å². The average molecular weight is 353 g/mol. The Bertz CT molecular complexity index is 777.